The van der Waals surface area contributed by atoms with E-state index in [1.54, 1.807) is 0 Å². The van der Waals surface area contributed by atoms with Crippen LogP contribution in [0.25, 0.3) is 0 Å². The molecule has 2 fully saturated rings. The normalized spacial score (nSPS) is 35.0. The molecule has 0 bridgehead atoms. The van der Waals surface area contributed by atoms with Crippen LogP contribution < -0.4 is 5.32 Å². The lowest BCUT2D eigenvalue weighted by atomic mass is 9.53. The highest BCUT2D eigenvalue weighted by Crippen LogP contribution is 2.63. The van der Waals surface area contributed by atoms with Crippen molar-refractivity contribution in [2.24, 2.45) is 23.2 Å². The van der Waals surface area contributed by atoms with Crippen molar-refractivity contribution in [2.45, 2.75) is 64.3 Å². The first-order chi connectivity index (χ1) is 13.3. The van der Waals surface area contributed by atoms with Crippen molar-refractivity contribution >= 4 is 5.91 Å². The van der Waals surface area contributed by atoms with E-state index < -0.39 is 0 Å². The molecule has 1 aromatic carbocycles. The molecule has 28 heavy (non-hydrogen) atoms. The molecule has 4 heteroatoms. The first kappa shape index (κ1) is 19.8. The number of hydrogen-bond donors (Lipinski definition) is 2. The number of nitrogens with one attached hydrogen (secondary N) is 1. The Morgan fingerprint density at radius 2 is 2.07 bits per heavy atom. The van der Waals surface area contributed by atoms with Crippen molar-refractivity contribution in [3.05, 3.63) is 29.3 Å². The van der Waals surface area contributed by atoms with Crippen molar-refractivity contribution in [3.8, 4) is 5.75 Å². The van der Waals surface area contributed by atoms with Crippen LogP contribution in [0, 0.1) is 23.2 Å². The first-order valence-corrected chi connectivity index (χ1v) is 11.1. The van der Waals surface area contributed by atoms with Gasteiger partial charge in [0.25, 0.3) is 0 Å². The molecular weight excluding hydrogens is 348 g/mol. The molecule has 0 spiro atoms. The van der Waals surface area contributed by atoms with E-state index in [0.29, 0.717) is 29.5 Å². The maximum absolute atomic E-state index is 12.3. The number of phenols is 1. The molecule has 4 unspecified atom stereocenters. The Labute approximate surface area is 169 Å². The van der Waals surface area contributed by atoms with E-state index >= 15 is 0 Å². The number of hydrogen-bond acceptors (Lipinski definition) is 3. The average Bonchev–Trinajstić information content (AvgIpc) is 2.97. The topological polar surface area (TPSA) is 52.6 Å². The molecule has 0 saturated heterocycles. The summed E-state index contributed by atoms with van der Waals surface area (Å²) in [4.78, 5) is 14.2. The number of aromatic hydroxyl groups is 1. The van der Waals surface area contributed by atoms with E-state index in [9.17, 15) is 9.90 Å². The van der Waals surface area contributed by atoms with E-state index in [1.807, 2.05) is 31.1 Å². The van der Waals surface area contributed by atoms with Gasteiger partial charge in [-0.25, -0.2) is 0 Å². The van der Waals surface area contributed by atoms with Crippen LogP contribution >= 0.6 is 0 Å². The van der Waals surface area contributed by atoms with Crippen LogP contribution in [-0.4, -0.2) is 42.6 Å². The van der Waals surface area contributed by atoms with Gasteiger partial charge in [-0.2, -0.15) is 0 Å². The van der Waals surface area contributed by atoms with E-state index in [2.05, 4.69) is 25.2 Å². The standard InChI is InChI=1S/C24H36N2O2/c1-15(25-23(28)14-26(3)4)21-9-10-22-20-7-5-16-13-17(27)6-8-18(16)19(20)11-12-24(21,22)2/h6,8,13,15,19-22,27H,5,7,9-12,14H2,1-4H3,(H,25,28)/t15?,19?,20?,21-,22?,24-/m1/s1. The average molecular weight is 385 g/mol. The molecule has 3 aliphatic carbocycles. The van der Waals surface area contributed by atoms with Gasteiger partial charge in [0, 0.05) is 6.04 Å². The summed E-state index contributed by atoms with van der Waals surface area (Å²) in [6.45, 7) is 5.19. The minimum absolute atomic E-state index is 0.143. The van der Waals surface area contributed by atoms with Gasteiger partial charge in [0.1, 0.15) is 5.75 Å². The minimum atomic E-state index is 0.143. The van der Waals surface area contributed by atoms with Crippen LogP contribution in [0.1, 0.15) is 63.0 Å². The van der Waals surface area contributed by atoms with Crippen LogP contribution in [0.5, 0.6) is 5.75 Å². The van der Waals surface area contributed by atoms with Gasteiger partial charge in [0.05, 0.1) is 6.54 Å². The molecule has 1 aromatic rings. The second-order valence-corrected chi connectivity index (χ2v) is 10.1. The van der Waals surface area contributed by atoms with Gasteiger partial charge >= 0.3 is 0 Å². The van der Waals surface area contributed by atoms with Gasteiger partial charge in [-0.1, -0.05) is 13.0 Å². The molecule has 0 aliphatic heterocycles. The van der Waals surface area contributed by atoms with Crippen LogP contribution in [0.2, 0.25) is 0 Å². The maximum Gasteiger partial charge on any atom is 0.234 e. The number of rotatable bonds is 4. The smallest absolute Gasteiger partial charge is 0.234 e. The SMILES string of the molecule is CC(NC(=O)CN(C)C)[C@H]1CCC2C3CCc4cc(O)ccc4C3CC[C@@]21C. The van der Waals surface area contributed by atoms with E-state index in [4.69, 9.17) is 0 Å². The zero-order chi connectivity index (χ0) is 20.1. The molecule has 0 aromatic heterocycles. The fraction of sp³-hybridized carbons (Fsp3) is 0.708. The summed E-state index contributed by atoms with van der Waals surface area (Å²) in [5.41, 5.74) is 3.19. The Kier molecular flexibility index (Phi) is 5.20. The number of likely N-dealkylation sites (N-methyl/N-ethyl adjacent to an activating group) is 1. The van der Waals surface area contributed by atoms with Gasteiger partial charge in [0.15, 0.2) is 0 Å². The van der Waals surface area contributed by atoms with Crippen molar-refractivity contribution in [3.63, 3.8) is 0 Å². The quantitative estimate of drug-likeness (QED) is 0.827. The number of aryl methyl sites for hydroxylation is 1. The predicted octanol–water partition coefficient (Wildman–Crippen LogP) is 3.93. The molecule has 4 rings (SSSR count). The zero-order valence-electron chi connectivity index (χ0n) is 17.9. The van der Waals surface area contributed by atoms with Crippen LogP contribution in [-0.2, 0) is 11.2 Å². The molecule has 4 nitrogen and oxygen atoms in total. The maximum atomic E-state index is 12.3. The highest BCUT2D eigenvalue weighted by molar-refractivity contribution is 5.78. The minimum Gasteiger partial charge on any atom is -0.508 e. The molecule has 2 N–H and O–H groups in total. The second kappa shape index (κ2) is 7.37. The first-order valence-electron chi connectivity index (χ1n) is 11.1. The number of amides is 1. The molecule has 154 valence electrons. The summed E-state index contributed by atoms with van der Waals surface area (Å²) in [5, 5.41) is 13.2. The molecule has 0 radical (unpaired) electrons. The fourth-order valence-electron chi connectivity index (χ4n) is 7.12. The number of benzene rings is 1. The number of carbonyl (C=O) groups excluding carboxylic acids is 1. The molecular formula is C24H36N2O2. The van der Waals surface area contributed by atoms with Crippen molar-refractivity contribution in [1.29, 1.82) is 0 Å². The Bertz CT molecular complexity index is 746. The lowest BCUT2D eigenvalue weighted by molar-refractivity contribution is -0.123. The van der Waals surface area contributed by atoms with E-state index in [0.717, 1.165) is 18.3 Å². The predicted molar refractivity (Wildman–Crippen MR) is 112 cm³/mol. The third kappa shape index (κ3) is 3.34. The molecule has 2 saturated carbocycles. The summed E-state index contributed by atoms with van der Waals surface area (Å²) in [6.07, 6.45) is 7.36. The van der Waals surface area contributed by atoms with Crippen molar-refractivity contribution in [2.75, 3.05) is 20.6 Å². The van der Waals surface area contributed by atoms with E-state index in [-0.39, 0.29) is 11.9 Å². The van der Waals surface area contributed by atoms with E-state index in [1.165, 1.54) is 43.2 Å². The van der Waals surface area contributed by atoms with Crippen molar-refractivity contribution in [1.82, 2.24) is 10.2 Å². The van der Waals surface area contributed by atoms with Crippen LogP contribution in [0.15, 0.2) is 18.2 Å². The zero-order valence-corrected chi connectivity index (χ0v) is 17.9. The number of carbonyl (C=O) groups is 1. The van der Waals surface area contributed by atoms with Gasteiger partial charge < -0.3 is 15.3 Å². The number of fused-ring (bicyclic) bond motifs is 5. The van der Waals surface area contributed by atoms with Gasteiger partial charge in [-0.05, 0) is 112 Å². The summed E-state index contributed by atoms with van der Waals surface area (Å²) in [5.74, 6) is 3.29. The summed E-state index contributed by atoms with van der Waals surface area (Å²) in [6, 6.07) is 6.28. The third-order valence-electron chi connectivity index (χ3n) is 8.24. The Morgan fingerprint density at radius 1 is 1.29 bits per heavy atom. The Balaban J connectivity index is 1.51. The summed E-state index contributed by atoms with van der Waals surface area (Å²) < 4.78 is 0. The monoisotopic (exact) mass is 384 g/mol. The molecule has 6 atom stereocenters. The lowest BCUT2D eigenvalue weighted by Gasteiger charge is -2.52. The molecule has 0 heterocycles. The lowest BCUT2D eigenvalue weighted by Crippen LogP contribution is -2.49. The highest BCUT2D eigenvalue weighted by Gasteiger charge is 2.55. The summed E-state index contributed by atoms with van der Waals surface area (Å²) in [7, 11) is 3.89. The third-order valence-corrected chi connectivity index (χ3v) is 8.24. The van der Waals surface area contributed by atoms with Gasteiger partial charge in [-0.15, -0.1) is 0 Å². The molecule has 1 amide bonds. The second-order valence-electron chi connectivity index (χ2n) is 10.1. The highest BCUT2D eigenvalue weighted by atomic mass is 16.3. The number of nitrogens with zero attached hydrogens (tertiary/aromatic N) is 1. The van der Waals surface area contributed by atoms with Gasteiger partial charge in [0.2, 0.25) is 5.91 Å². The summed E-state index contributed by atoms with van der Waals surface area (Å²) >= 11 is 0. The van der Waals surface area contributed by atoms with Crippen LogP contribution in [0.4, 0.5) is 0 Å². The van der Waals surface area contributed by atoms with Crippen LogP contribution in [0.3, 0.4) is 0 Å². The van der Waals surface area contributed by atoms with Crippen molar-refractivity contribution < 1.29 is 9.90 Å². The Morgan fingerprint density at radius 3 is 2.82 bits per heavy atom. The molecule has 3 aliphatic rings. The number of phenolic OH excluding ortho intramolecular Hbond substituents is 1. The van der Waals surface area contributed by atoms with Gasteiger partial charge in [-0.3, -0.25) is 4.79 Å². The largest absolute Gasteiger partial charge is 0.508 e. The fourth-order valence-corrected chi connectivity index (χ4v) is 7.12. The Hall–Kier alpha value is -1.55.